The third kappa shape index (κ3) is 5.54. The predicted octanol–water partition coefficient (Wildman–Crippen LogP) is 2.20. The molecule has 0 amide bonds. The number of hydrogen-bond acceptors (Lipinski definition) is 2. The molecule has 0 saturated carbocycles. The quantitative estimate of drug-likeness (QED) is 0.481. The van der Waals surface area contributed by atoms with E-state index >= 15 is 0 Å². The number of hydrogen-bond donors (Lipinski definition) is 2. The Morgan fingerprint density at radius 1 is 1.35 bits per heavy atom. The third-order valence-corrected chi connectivity index (χ3v) is 2.32. The number of nitrogens with one attached hydrogen (secondary N) is 2. The minimum atomic E-state index is 0.508. The molecular weight excluding hydrogens is 236 g/mol. The fourth-order valence-electron chi connectivity index (χ4n) is 1.26. The molecule has 0 bridgehead atoms. The lowest BCUT2D eigenvalue weighted by molar-refractivity contribution is 0.785. The molecule has 1 heterocycles. The molecule has 0 aromatic carbocycles. The smallest absolute Gasteiger partial charge is 0.191 e. The fourth-order valence-corrected chi connectivity index (χ4v) is 1.37. The minimum Gasteiger partial charge on any atom is -0.357 e. The van der Waals surface area contributed by atoms with Gasteiger partial charge in [-0.3, -0.25) is 0 Å². The van der Waals surface area contributed by atoms with Gasteiger partial charge in [0.05, 0.1) is 6.54 Å². The van der Waals surface area contributed by atoms with Gasteiger partial charge in [0, 0.05) is 19.3 Å². The second kappa shape index (κ2) is 7.90. The highest BCUT2D eigenvalue weighted by atomic mass is 35.5. The largest absolute Gasteiger partial charge is 0.357 e. The molecule has 0 unspecified atom stereocenters. The Hall–Kier alpha value is -1.29. The molecule has 17 heavy (non-hydrogen) atoms. The number of aliphatic imine (C=N–C) groups is 1. The summed E-state index contributed by atoms with van der Waals surface area (Å²) in [5.41, 5.74) is 1.04. The average molecular weight is 255 g/mol. The summed E-state index contributed by atoms with van der Waals surface area (Å²) in [7, 11) is 0. The summed E-state index contributed by atoms with van der Waals surface area (Å²) >= 11 is 5.72. The van der Waals surface area contributed by atoms with E-state index in [1.807, 2.05) is 13.0 Å². The topological polar surface area (TPSA) is 49.3 Å². The highest BCUT2D eigenvalue weighted by molar-refractivity contribution is 6.29. The molecule has 0 fully saturated rings. The Bertz CT molecular complexity index is 348. The Balaban J connectivity index is 2.55. The Labute approximate surface area is 108 Å². The van der Waals surface area contributed by atoms with Crippen LogP contribution in [-0.4, -0.2) is 24.0 Å². The maximum Gasteiger partial charge on any atom is 0.191 e. The number of rotatable bonds is 5. The van der Waals surface area contributed by atoms with E-state index in [1.54, 1.807) is 12.3 Å². The van der Waals surface area contributed by atoms with Crippen molar-refractivity contribution in [1.82, 2.24) is 15.6 Å². The van der Waals surface area contributed by atoms with E-state index < -0.39 is 0 Å². The third-order valence-electron chi connectivity index (χ3n) is 2.10. The molecule has 0 radical (unpaired) electrons. The molecule has 0 saturated heterocycles. The van der Waals surface area contributed by atoms with Crippen molar-refractivity contribution in [3.05, 3.63) is 29.0 Å². The molecule has 0 aliphatic rings. The summed E-state index contributed by atoms with van der Waals surface area (Å²) in [5, 5.41) is 6.94. The second-order valence-corrected chi connectivity index (χ2v) is 4.00. The van der Waals surface area contributed by atoms with Crippen LogP contribution in [0.3, 0.4) is 0 Å². The highest BCUT2D eigenvalue weighted by Crippen LogP contribution is 2.05. The number of pyridine rings is 1. The van der Waals surface area contributed by atoms with E-state index in [9.17, 15) is 0 Å². The Morgan fingerprint density at radius 3 is 2.76 bits per heavy atom. The van der Waals surface area contributed by atoms with Crippen LogP contribution in [0.15, 0.2) is 23.3 Å². The van der Waals surface area contributed by atoms with Crippen molar-refractivity contribution in [1.29, 1.82) is 0 Å². The minimum absolute atomic E-state index is 0.508. The summed E-state index contributed by atoms with van der Waals surface area (Å²) in [6.45, 7) is 6.55. The lowest BCUT2D eigenvalue weighted by atomic mass is 10.3. The van der Waals surface area contributed by atoms with Crippen LogP contribution < -0.4 is 10.6 Å². The van der Waals surface area contributed by atoms with Crippen LogP contribution in [0.2, 0.25) is 5.15 Å². The van der Waals surface area contributed by atoms with Gasteiger partial charge in [0.2, 0.25) is 0 Å². The first-order valence-corrected chi connectivity index (χ1v) is 6.26. The van der Waals surface area contributed by atoms with E-state index in [2.05, 4.69) is 27.5 Å². The van der Waals surface area contributed by atoms with Gasteiger partial charge in [-0.15, -0.1) is 0 Å². The standard InChI is InChI=1S/C12H19ClN4/c1-3-7-15-12(14-4-2)17-9-10-5-6-11(13)16-8-10/h5-6,8H,3-4,7,9H2,1-2H3,(H2,14,15,17). The van der Waals surface area contributed by atoms with E-state index in [0.29, 0.717) is 11.7 Å². The zero-order valence-corrected chi connectivity index (χ0v) is 11.1. The second-order valence-electron chi connectivity index (χ2n) is 3.61. The summed E-state index contributed by atoms with van der Waals surface area (Å²) in [6, 6.07) is 3.71. The first-order valence-electron chi connectivity index (χ1n) is 5.88. The number of aromatic nitrogens is 1. The van der Waals surface area contributed by atoms with Gasteiger partial charge >= 0.3 is 0 Å². The van der Waals surface area contributed by atoms with E-state index in [-0.39, 0.29) is 0 Å². The summed E-state index contributed by atoms with van der Waals surface area (Å²) in [4.78, 5) is 8.48. The van der Waals surface area contributed by atoms with Crippen molar-refractivity contribution < 1.29 is 0 Å². The molecule has 0 spiro atoms. The number of guanidine groups is 1. The van der Waals surface area contributed by atoms with Crippen molar-refractivity contribution in [3.8, 4) is 0 Å². The van der Waals surface area contributed by atoms with Crippen molar-refractivity contribution in [2.24, 2.45) is 4.99 Å². The first kappa shape index (κ1) is 13.8. The van der Waals surface area contributed by atoms with Gasteiger partial charge in [-0.05, 0) is 25.0 Å². The van der Waals surface area contributed by atoms with Gasteiger partial charge in [-0.1, -0.05) is 24.6 Å². The lowest BCUT2D eigenvalue weighted by Gasteiger charge is -2.09. The van der Waals surface area contributed by atoms with Gasteiger partial charge in [0.15, 0.2) is 5.96 Å². The first-order chi connectivity index (χ1) is 8.26. The predicted molar refractivity (Wildman–Crippen MR) is 72.4 cm³/mol. The van der Waals surface area contributed by atoms with Crippen LogP contribution in [0.5, 0.6) is 0 Å². The van der Waals surface area contributed by atoms with Crippen molar-refractivity contribution in [3.63, 3.8) is 0 Å². The van der Waals surface area contributed by atoms with E-state index in [4.69, 9.17) is 11.6 Å². The van der Waals surface area contributed by atoms with Gasteiger partial charge < -0.3 is 10.6 Å². The highest BCUT2D eigenvalue weighted by Gasteiger charge is 1.96. The van der Waals surface area contributed by atoms with Crippen molar-refractivity contribution >= 4 is 17.6 Å². The average Bonchev–Trinajstić information content (AvgIpc) is 2.35. The molecular formula is C12H19ClN4. The lowest BCUT2D eigenvalue weighted by Crippen LogP contribution is -2.37. The Kier molecular flexibility index (Phi) is 6.40. The van der Waals surface area contributed by atoms with Crippen LogP contribution in [0.1, 0.15) is 25.8 Å². The molecule has 1 aromatic rings. The van der Waals surface area contributed by atoms with Gasteiger partial charge in [-0.2, -0.15) is 0 Å². The maximum atomic E-state index is 5.72. The molecule has 1 rings (SSSR count). The molecule has 4 nitrogen and oxygen atoms in total. The maximum absolute atomic E-state index is 5.72. The molecule has 0 atom stereocenters. The van der Waals surface area contributed by atoms with Crippen LogP contribution in [0.4, 0.5) is 0 Å². The van der Waals surface area contributed by atoms with E-state index in [0.717, 1.165) is 31.0 Å². The molecule has 1 aromatic heterocycles. The van der Waals surface area contributed by atoms with Crippen LogP contribution in [-0.2, 0) is 6.54 Å². The number of halogens is 1. The van der Waals surface area contributed by atoms with Crippen LogP contribution in [0.25, 0.3) is 0 Å². The normalized spacial score (nSPS) is 11.4. The summed E-state index contributed by atoms with van der Waals surface area (Å²) in [6.07, 6.45) is 2.82. The number of nitrogens with zero attached hydrogens (tertiary/aromatic N) is 2. The zero-order valence-electron chi connectivity index (χ0n) is 10.3. The fraction of sp³-hybridized carbons (Fsp3) is 0.500. The van der Waals surface area contributed by atoms with Crippen molar-refractivity contribution in [2.75, 3.05) is 13.1 Å². The monoisotopic (exact) mass is 254 g/mol. The molecule has 2 N–H and O–H groups in total. The summed E-state index contributed by atoms with van der Waals surface area (Å²) < 4.78 is 0. The van der Waals surface area contributed by atoms with Crippen molar-refractivity contribution in [2.45, 2.75) is 26.8 Å². The molecule has 94 valence electrons. The van der Waals surface area contributed by atoms with Gasteiger partial charge in [-0.25, -0.2) is 9.98 Å². The molecule has 0 aliphatic carbocycles. The van der Waals surface area contributed by atoms with Gasteiger partial charge in [0.25, 0.3) is 0 Å². The zero-order chi connectivity index (χ0) is 12.5. The summed E-state index contributed by atoms with van der Waals surface area (Å²) in [5.74, 6) is 0.837. The van der Waals surface area contributed by atoms with Crippen LogP contribution >= 0.6 is 11.6 Å². The molecule has 5 heteroatoms. The van der Waals surface area contributed by atoms with Crippen LogP contribution in [0, 0.1) is 0 Å². The van der Waals surface area contributed by atoms with E-state index in [1.165, 1.54) is 0 Å². The van der Waals surface area contributed by atoms with Gasteiger partial charge in [0.1, 0.15) is 5.15 Å². The molecule has 0 aliphatic heterocycles. The SMILES string of the molecule is CCCNC(=NCc1ccc(Cl)nc1)NCC. The Morgan fingerprint density at radius 2 is 2.18 bits per heavy atom.